The van der Waals surface area contributed by atoms with Gasteiger partial charge in [0.2, 0.25) is 17.6 Å². The van der Waals surface area contributed by atoms with Crippen molar-refractivity contribution in [2.75, 3.05) is 6.54 Å². The van der Waals surface area contributed by atoms with Crippen LogP contribution in [0.2, 0.25) is 0 Å². The lowest BCUT2D eigenvalue weighted by atomic mass is 9.84. The topological polar surface area (TPSA) is 168 Å². The molecule has 0 radical (unpaired) electrons. The molecule has 5 atom stereocenters. The average Bonchev–Trinajstić information content (AvgIpc) is 3.68. The highest BCUT2D eigenvalue weighted by atomic mass is 16.2. The van der Waals surface area contributed by atoms with Gasteiger partial charge in [-0.3, -0.25) is 24.0 Å². The zero-order valence-corrected chi connectivity index (χ0v) is 28.4. The van der Waals surface area contributed by atoms with E-state index < -0.39 is 59.1 Å². The van der Waals surface area contributed by atoms with Gasteiger partial charge in [-0.2, -0.15) is 0 Å². The quantitative estimate of drug-likeness (QED) is 0.215. The summed E-state index contributed by atoms with van der Waals surface area (Å²) >= 11 is 0. The summed E-state index contributed by atoms with van der Waals surface area (Å²) in [5, 5.41) is 8.38. The number of hydrogen-bond acceptors (Lipinski definition) is 6. The van der Waals surface area contributed by atoms with Gasteiger partial charge in [-0.15, -0.1) is 0 Å². The number of carbonyl (C=O) groups excluding carboxylic acids is 6. The van der Waals surface area contributed by atoms with Crippen molar-refractivity contribution in [1.82, 2.24) is 20.9 Å². The molecule has 5 N–H and O–H groups in total. The SMILES string of the molecule is CC(C)[C@H](NC(=O)N[C@H](C(=O)N1CC[C@H](C(C)C)[C@H]1C(=O)NC(CC1CC1)C(=O)C(N)=O)C(C)(C)C)C(=O)CCc1ccccc1. The highest BCUT2D eigenvalue weighted by Gasteiger charge is 2.48. The van der Waals surface area contributed by atoms with Crippen LogP contribution >= 0.6 is 0 Å². The maximum atomic E-state index is 14.2. The molecule has 46 heavy (non-hydrogen) atoms. The summed E-state index contributed by atoms with van der Waals surface area (Å²) < 4.78 is 0. The normalized spacial score (nSPS) is 20.2. The highest BCUT2D eigenvalue weighted by molar-refractivity contribution is 6.37. The Bertz CT molecular complexity index is 1270. The minimum absolute atomic E-state index is 0.0420. The van der Waals surface area contributed by atoms with E-state index >= 15 is 0 Å². The van der Waals surface area contributed by atoms with Crippen molar-refractivity contribution in [1.29, 1.82) is 0 Å². The molecule has 11 heteroatoms. The molecule has 1 aliphatic heterocycles. The van der Waals surface area contributed by atoms with E-state index in [1.165, 1.54) is 4.90 Å². The molecule has 5 amide bonds. The minimum Gasteiger partial charge on any atom is -0.363 e. The molecule has 0 aromatic heterocycles. The molecular weight excluding hydrogens is 586 g/mol. The number of nitrogens with zero attached hydrogens (tertiary/aromatic N) is 1. The fourth-order valence-corrected chi connectivity index (χ4v) is 6.26. The predicted octanol–water partition coefficient (Wildman–Crippen LogP) is 3.14. The Morgan fingerprint density at radius 2 is 1.54 bits per heavy atom. The number of nitrogens with one attached hydrogen (secondary N) is 3. The summed E-state index contributed by atoms with van der Waals surface area (Å²) in [5.74, 6) is -3.08. The Kier molecular flexibility index (Phi) is 12.5. The first-order chi connectivity index (χ1) is 21.5. The largest absolute Gasteiger partial charge is 0.363 e. The second kappa shape index (κ2) is 15.7. The number of benzene rings is 1. The van der Waals surface area contributed by atoms with Gasteiger partial charge < -0.3 is 26.6 Å². The molecule has 0 spiro atoms. The number of nitrogens with two attached hydrogens (primary N) is 1. The minimum atomic E-state index is -1.10. The van der Waals surface area contributed by atoms with Gasteiger partial charge >= 0.3 is 6.03 Å². The molecule has 1 aromatic rings. The predicted molar refractivity (Wildman–Crippen MR) is 175 cm³/mol. The van der Waals surface area contributed by atoms with Crippen molar-refractivity contribution in [2.45, 2.75) is 111 Å². The maximum Gasteiger partial charge on any atom is 0.316 e. The van der Waals surface area contributed by atoms with Gasteiger partial charge in [-0.05, 0) is 53.9 Å². The van der Waals surface area contributed by atoms with Crippen LogP contribution in [0.5, 0.6) is 0 Å². The molecule has 2 fully saturated rings. The lowest BCUT2D eigenvalue weighted by Gasteiger charge is -2.37. The van der Waals surface area contributed by atoms with Crippen molar-refractivity contribution in [3.8, 4) is 0 Å². The Balaban J connectivity index is 1.77. The van der Waals surface area contributed by atoms with Crippen LogP contribution in [0.3, 0.4) is 0 Å². The summed E-state index contributed by atoms with van der Waals surface area (Å²) in [6.07, 6.45) is 3.53. The number of likely N-dealkylation sites (tertiary alicyclic amines) is 1. The summed E-state index contributed by atoms with van der Waals surface area (Å²) in [5.41, 5.74) is 5.58. The number of hydrogen-bond donors (Lipinski definition) is 4. The van der Waals surface area contributed by atoms with Gasteiger partial charge in [0.1, 0.15) is 12.1 Å². The van der Waals surface area contributed by atoms with E-state index in [1.807, 2.05) is 78.8 Å². The zero-order chi connectivity index (χ0) is 34.3. The molecule has 1 heterocycles. The summed E-state index contributed by atoms with van der Waals surface area (Å²) in [6, 6.07) is 5.31. The van der Waals surface area contributed by atoms with Crippen LogP contribution in [-0.2, 0) is 30.4 Å². The number of urea groups is 1. The van der Waals surface area contributed by atoms with Gasteiger partial charge in [-0.1, -0.05) is 91.6 Å². The molecular formula is C35H53N5O6. The second-order valence-corrected chi connectivity index (χ2v) is 14.7. The van der Waals surface area contributed by atoms with Gasteiger partial charge in [0.05, 0.1) is 12.1 Å². The zero-order valence-electron chi connectivity index (χ0n) is 28.4. The fraction of sp³-hybridized carbons (Fsp3) is 0.657. The lowest BCUT2D eigenvalue weighted by Crippen LogP contribution is -2.62. The molecule has 2 aliphatic rings. The third-order valence-electron chi connectivity index (χ3n) is 9.19. The Morgan fingerprint density at radius 3 is 2.07 bits per heavy atom. The number of aryl methyl sites for hydroxylation is 1. The van der Waals surface area contributed by atoms with Crippen LogP contribution in [0.15, 0.2) is 30.3 Å². The molecule has 254 valence electrons. The van der Waals surface area contributed by atoms with Crippen molar-refractivity contribution < 1.29 is 28.8 Å². The third kappa shape index (κ3) is 9.87. The number of Topliss-reactive ketones (excluding diaryl/α,β-unsaturated/α-hetero) is 2. The molecule has 1 saturated heterocycles. The Morgan fingerprint density at radius 1 is 0.913 bits per heavy atom. The third-order valence-corrected chi connectivity index (χ3v) is 9.19. The van der Waals surface area contributed by atoms with Crippen molar-refractivity contribution in [2.24, 2.45) is 34.8 Å². The van der Waals surface area contributed by atoms with E-state index in [1.54, 1.807) is 0 Å². The first kappa shape index (κ1) is 36.7. The van der Waals surface area contributed by atoms with E-state index in [-0.39, 0.29) is 35.9 Å². The van der Waals surface area contributed by atoms with Crippen LogP contribution in [-0.4, -0.2) is 70.9 Å². The number of rotatable bonds is 15. The van der Waals surface area contributed by atoms with Crippen molar-refractivity contribution >= 4 is 35.3 Å². The van der Waals surface area contributed by atoms with Crippen molar-refractivity contribution in [3.63, 3.8) is 0 Å². The maximum absolute atomic E-state index is 14.2. The highest BCUT2D eigenvalue weighted by Crippen LogP contribution is 2.35. The molecule has 1 unspecified atom stereocenters. The standard InChI is InChI=1S/C35H53N5O6/c1-20(2)24-17-18-40(28(24)32(44)37-25(19-23-13-14-23)29(42)31(36)43)33(45)30(35(5,6)7)39-34(46)38-27(21(3)4)26(41)16-15-22-11-9-8-10-12-22/h8-12,20-21,23-25,27-28,30H,13-19H2,1-7H3,(H2,36,43)(H,37,44)(H2,38,39,46)/t24-,25?,27+,28+,30-/m1/s1. The molecule has 1 saturated carbocycles. The van der Waals surface area contributed by atoms with Crippen molar-refractivity contribution in [3.05, 3.63) is 35.9 Å². The molecule has 0 bridgehead atoms. The molecule has 11 nitrogen and oxygen atoms in total. The van der Waals surface area contributed by atoms with Gasteiger partial charge in [0.15, 0.2) is 5.78 Å². The first-order valence-corrected chi connectivity index (χ1v) is 16.6. The van der Waals surface area contributed by atoms with Crippen LogP contribution in [0.25, 0.3) is 0 Å². The number of amides is 5. The van der Waals surface area contributed by atoms with Gasteiger partial charge in [0.25, 0.3) is 5.91 Å². The number of ketones is 2. The first-order valence-electron chi connectivity index (χ1n) is 16.6. The van der Waals surface area contributed by atoms with Crippen LogP contribution in [0.1, 0.15) is 86.1 Å². The second-order valence-electron chi connectivity index (χ2n) is 14.7. The summed E-state index contributed by atoms with van der Waals surface area (Å²) in [4.78, 5) is 80.4. The lowest BCUT2D eigenvalue weighted by molar-refractivity contribution is -0.144. The number of carbonyl (C=O) groups is 6. The Labute approximate surface area is 273 Å². The fourth-order valence-electron chi connectivity index (χ4n) is 6.26. The number of primary amides is 1. The Hall–Kier alpha value is -3.76. The van der Waals surface area contributed by atoms with Crippen LogP contribution in [0, 0.1) is 29.1 Å². The average molecular weight is 640 g/mol. The molecule has 1 aliphatic carbocycles. The molecule has 3 rings (SSSR count). The summed E-state index contributed by atoms with van der Waals surface area (Å²) in [7, 11) is 0. The van der Waals surface area contributed by atoms with E-state index in [4.69, 9.17) is 5.73 Å². The van der Waals surface area contributed by atoms with Gasteiger partial charge in [-0.25, -0.2) is 4.79 Å². The van der Waals surface area contributed by atoms with Gasteiger partial charge in [0, 0.05) is 13.0 Å². The monoisotopic (exact) mass is 639 g/mol. The van der Waals surface area contributed by atoms with E-state index in [0.29, 0.717) is 25.8 Å². The summed E-state index contributed by atoms with van der Waals surface area (Å²) in [6.45, 7) is 13.4. The van der Waals surface area contributed by atoms with E-state index in [2.05, 4.69) is 16.0 Å². The molecule has 1 aromatic carbocycles. The van der Waals surface area contributed by atoms with E-state index in [0.717, 1.165) is 18.4 Å². The smallest absolute Gasteiger partial charge is 0.316 e. The van der Waals surface area contributed by atoms with Crippen LogP contribution in [0.4, 0.5) is 4.79 Å². The van der Waals surface area contributed by atoms with Crippen LogP contribution < -0.4 is 21.7 Å². The van der Waals surface area contributed by atoms with E-state index in [9.17, 15) is 28.8 Å².